The summed E-state index contributed by atoms with van der Waals surface area (Å²) in [5.74, 6) is -0.421. The predicted molar refractivity (Wildman–Crippen MR) is 38.9 cm³/mol. The van der Waals surface area contributed by atoms with Gasteiger partial charge in [-0.2, -0.15) is 0 Å². The second kappa shape index (κ2) is 3.55. The van der Waals surface area contributed by atoms with E-state index in [4.69, 9.17) is 0 Å². The lowest BCUT2D eigenvalue weighted by Crippen LogP contribution is -2.19. The van der Waals surface area contributed by atoms with Crippen LogP contribution >= 0.6 is 0 Å². The SMILES string of the molecule is O=[C]NNc1ccccc1F. The first-order chi connectivity index (χ1) is 5.34. The largest absolute Gasteiger partial charge is 0.329 e. The molecule has 0 saturated carbocycles. The predicted octanol–water partition coefficient (Wildman–Crippen LogP) is 0.809. The van der Waals surface area contributed by atoms with Crippen LogP contribution in [0.2, 0.25) is 0 Å². The first-order valence-electron chi connectivity index (χ1n) is 2.97. The van der Waals surface area contributed by atoms with Crippen LogP contribution in [-0.2, 0) is 4.79 Å². The smallest absolute Gasteiger partial charge is 0.295 e. The highest BCUT2D eigenvalue weighted by molar-refractivity contribution is 5.53. The van der Waals surface area contributed by atoms with Crippen molar-refractivity contribution in [3.8, 4) is 0 Å². The van der Waals surface area contributed by atoms with Crippen LogP contribution in [0, 0.1) is 5.82 Å². The van der Waals surface area contributed by atoms with Crippen molar-refractivity contribution in [2.45, 2.75) is 0 Å². The van der Waals surface area contributed by atoms with Gasteiger partial charge in [-0.05, 0) is 12.1 Å². The fraction of sp³-hybridized carbons (Fsp3) is 0. The summed E-state index contributed by atoms with van der Waals surface area (Å²) in [6.07, 6.45) is 1.37. The molecule has 1 rings (SSSR count). The number of hydrogen-bond donors (Lipinski definition) is 2. The summed E-state index contributed by atoms with van der Waals surface area (Å²) in [5.41, 5.74) is 4.54. The van der Waals surface area contributed by atoms with Crippen LogP contribution in [0.15, 0.2) is 24.3 Å². The van der Waals surface area contributed by atoms with Gasteiger partial charge in [0.05, 0.1) is 5.69 Å². The maximum Gasteiger partial charge on any atom is 0.329 e. The normalized spacial score (nSPS) is 8.82. The van der Waals surface area contributed by atoms with Gasteiger partial charge in [-0.15, -0.1) is 0 Å². The van der Waals surface area contributed by atoms with E-state index in [9.17, 15) is 9.18 Å². The number of amides is 1. The molecule has 11 heavy (non-hydrogen) atoms. The van der Waals surface area contributed by atoms with E-state index < -0.39 is 5.82 Å². The molecule has 0 aromatic heterocycles. The fourth-order valence-corrected chi connectivity index (χ4v) is 0.655. The number of hydrazine groups is 1. The van der Waals surface area contributed by atoms with Gasteiger partial charge in [-0.25, -0.2) is 4.39 Å². The summed E-state index contributed by atoms with van der Waals surface area (Å²) < 4.78 is 12.7. The van der Waals surface area contributed by atoms with E-state index in [0.717, 1.165) is 0 Å². The number of para-hydroxylation sites is 1. The number of nitrogens with one attached hydrogen (secondary N) is 2. The van der Waals surface area contributed by atoms with E-state index in [1.54, 1.807) is 12.1 Å². The van der Waals surface area contributed by atoms with E-state index in [0.29, 0.717) is 0 Å². The summed E-state index contributed by atoms with van der Waals surface area (Å²) in [4.78, 5) is 9.67. The average molecular weight is 153 g/mol. The Bertz CT molecular complexity index is 252. The van der Waals surface area contributed by atoms with Gasteiger partial charge in [0.2, 0.25) is 0 Å². The molecule has 0 spiro atoms. The second-order valence-corrected chi connectivity index (χ2v) is 1.83. The van der Waals surface area contributed by atoms with E-state index in [2.05, 4.69) is 5.43 Å². The van der Waals surface area contributed by atoms with Gasteiger partial charge >= 0.3 is 6.41 Å². The van der Waals surface area contributed by atoms with E-state index in [1.807, 2.05) is 5.43 Å². The Balaban J connectivity index is 2.69. The third-order valence-electron chi connectivity index (χ3n) is 1.12. The first-order valence-corrected chi connectivity index (χ1v) is 2.97. The zero-order chi connectivity index (χ0) is 8.10. The maximum absolute atomic E-state index is 12.7. The quantitative estimate of drug-likeness (QED) is 0.498. The highest BCUT2D eigenvalue weighted by atomic mass is 19.1. The molecular formula is C7H6FN2O. The summed E-state index contributed by atoms with van der Waals surface area (Å²) in [5, 5.41) is 0. The van der Waals surface area contributed by atoms with Crippen LogP contribution < -0.4 is 10.9 Å². The maximum atomic E-state index is 12.7. The third kappa shape index (κ3) is 1.93. The van der Waals surface area contributed by atoms with Crippen LogP contribution in [-0.4, -0.2) is 6.41 Å². The highest BCUT2D eigenvalue weighted by Crippen LogP contribution is 2.10. The number of anilines is 1. The minimum Gasteiger partial charge on any atom is -0.295 e. The third-order valence-corrected chi connectivity index (χ3v) is 1.12. The Hall–Kier alpha value is -1.58. The summed E-state index contributed by atoms with van der Waals surface area (Å²) in [6.45, 7) is 0. The lowest BCUT2D eigenvalue weighted by atomic mass is 10.3. The number of rotatable bonds is 3. The molecule has 0 aliphatic rings. The zero-order valence-corrected chi connectivity index (χ0v) is 5.60. The molecule has 0 saturated heterocycles. The minimum absolute atomic E-state index is 0.218. The first kappa shape index (κ1) is 7.53. The van der Waals surface area contributed by atoms with Gasteiger partial charge in [0.1, 0.15) is 5.82 Å². The van der Waals surface area contributed by atoms with Gasteiger partial charge in [0.15, 0.2) is 0 Å². The van der Waals surface area contributed by atoms with Crippen molar-refractivity contribution in [1.29, 1.82) is 0 Å². The molecule has 1 aromatic carbocycles. The zero-order valence-electron chi connectivity index (χ0n) is 5.60. The standard InChI is InChI=1S/C7H6FN2O/c8-6-3-1-2-4-7(6)10-9-5-11/h1-4,10H,(H,9,11). The van der Waals surface area contributed by atoms with Gasteiger partial charge in [0.25, 0.3) is 0 Å². The molecule has 0 unspecified atom stereocenters. The Labute approximate surface area is 63.2 Å². The number of carbonyl (C=O) groups excluding carboxylic acids is 1. The number of hydrogen-bond acceptors (Lipinski definition) is 2. The Morgan fingerprint density at radius 2 is 2.09 bits per heavy atom. The molecule has 3 nitrogen and oxygen atoms in total. The fourth-order valence-electron chi connectivity index (χ4n) is 0.655. The van der Waals surface area contributed by atoms with Crippen molar-refractivity contribution in [2.75, 3.05) is 5.43 Å². The molecule has 1 amide bonds. The number of halogens is 1. The minimum atomic E-state index is -0.421. The van der Waals surface area contributed by atoms with Crippen LogP contribution in [0.4, 0.5) is 10.1 Å². The summed E-state index contributed by atoms with van der Waals surface area (Å²) in [6, 6.07) is 6.00. The van der Waals surface area contributed by atoms with Gasteiger partial charge in [-0.1, -0.05) is 12.1 Å². The Morgan fingerprint density at radius 1 is 1.36 bits per heavy atom. The molecule has 0 fully saturated rings. The van der Waals surface area contributed by atoms with Crippen LogP contribution in [0.5, 0.6) is 0 Å². The molecule has 4 heteroatoms. The van der Waals surface area contributed by atoms with Crippen LogP contribution in [0.25, 0.3) is 0 Å². The van der Waals surface area contributed by atoms with Crippen LogP contribution in [0.1, 0.15) is 0 Å². The molecular weight excluding hydrogens is 147 g/mol. The molecule has 57 valence electrons. The lowest BCUT2D eigenvalue weighted by molar-refractivity contribution is 0.547. The molecule has 2 N–H and O–H groups in total. The second-order valence-electron chi connectivity index (χ2n) is 1.83. The van der Waals surface area contributed by atoms with Gasteiger partial charge in [0, 0.05) is 0 Å². The van der Waals surface area contributed by atoms with E-state index in [-0.39, 0.29) is 5.69 Å². The van der Waals surface area contributed by atoms with E-state index >= 15 is 0 Å². The van der Waals surface area contributed by atoms with Crippen molar-refractivity contribution < 1.29 is 9.18 Å². The van der Waals surface area contributed by atoms with Crippen molar-refractivity contribution in [1.82, 2.24) is 5.43 Å². The lowest BCUT2D eigenvalue weighted by Gasteiger charge is -2.02. The summed E-state index contributed by atoms with van der Waals surface area (Å²) in [7, 11) is 0. The molecule has 0 aliphatic heterocycles. The average Bonchev–Trinajstić information content (AvgIpc) is 2.03. The Morgan fingerprint density at radius 3 is 2.73 bits per heavy atom. The molecule has 0 aliphatic carbocycles. The van der Waals surface area contributed by atoms with Crippen LogP contribution in [0.3, 0.4) is 0 Å². The molecule has 1 aromatic rings. The molecule has 1 radical (unpaired) electrons. The van der Waals surface area contributed by atoms with E-state index in [1.165, 1.54) is 18.5 Å². The van der Waals surface area contributed by atoms with Crippen molar-refractivity contribution in [3.05, 3.63) is 30.1 Å². The molecule has 0 heterocycles. The van der Waals surface area contributed by atoms with Crippen molar-refractivity contribution >= 4 is 12.1 Å². The Kier molecular flexibility index (Phi) is 2.43. The van der Waals surface area contributed by atoms with Crippen molar-refractivity contribution in [3.63, 3.8) is 0 Å². The highest BCUT2D eigenvalue weighted by Gasteiger charge is 1.96. The monoisotopic (exact) mass is 153 g/mol. The van der Waals surface area contributed by atoms with Gasteiger partial charge in [-0.3, -0.25) is 15.6 Å². The van der Waals surface area contributed by atoms with Gasteiger partial charge < -0.3 is 0 Å². The summed E-state index contributed by atoms with van der Waals surface area (Å²) >= 11 is 0. The molecule has 0 atom stereocenters. The van der Waals surface area contributed by atoms with Crippen molar-refractivity contribution in [2.24, 2.45) is 0 Å². The molecule has 0 bridgehead atoms. The number of benzene rings is 1. The topological polar surface area (TPSA) is 41.1 Å².